The first-order valence-electron chi connectivity index (χ1n) is 10.8. The molecule has 0 spiro atoms. The van der Waals surface area contributed by atoms with E-state index in [1.165, 1.54) is 17.1 Å². The number of likely N-dealkylation sites (N-methyl/N-ethyl adjacent to an activating group) is 1. The number of carboxylic acid groups (broad SMARTS) is 1. The van der Waals surface area contributed by atoms with Crippen molar-refractivity contribution in [1.29, 1.82) is 0 Å². The predicted molar refractivity (Wildman–Crippen MR) is 120 cm³/mol. The average Bonchev–Trinajstić information content (AvgIpc) is 3.39. The van der Waals surface area contributed by atoms with E-state index in [4.69, 9.17) is 9.84 Å². The van der Waals surface area contributed by atoms with E-state index in [0.29, 0.717) is 30.9 Å². The zero-order chi connectivity index (χ0) is 24.0. The number of rotatable bonds is 5. The van der Waals surface area contributed by atoms with E-state index in [1.54, 1.807) is 0 Å². The number of imidazole rings is 2. The average molecular weight is 467 g/mol. The van der Waals surface area contributed by atoms with Gasteiger partial charge in [0.1, 0.15) is 23.6 Å². The Balaban J connectivity index is 1.61. The first-order valence-corrected chi connectivity index (χ1v) is 10.8. The van der Waals surface area contributed by atoms with Crippen LogP contribution in [0, 0.1) is 18.6 Å². The number of carboxylic acids is 1. The lowest BCUT2D eigenvalue weighted by Crippen LogP contribution is -2.41. The smallest absolute Gasteiger partial charge is 0.356 e. The van der Waals surface area contributed by atoms with Crippen molar-refractivity contribution in [1.82, 2.24) is 23.8 Å². The second kappa shape index (κ2) is 8.62. The maximum atomic E-state index is 15.4. The largest absolute Gasteiger partial charge is 0.476 e. The predicted octanol–water partition coefficient (Wildman–Crippen LogP) is 3.34. The van der Waals surface area contributed by atoms with Gasteiger partial charge >= 0.3 is 5.97 Å². The van der Waals surface area contributed by atoms with Gasteiger partial charge in [0.15, 0.2) is 5.69 Å². The molecule has 34 heavy (non-hydrogen) atoms. The van der Waals surface area contributed by atoms with E-state index in [2.05, 4.69) is 14.9 Å². The van der Waals surface area contributed by atoms with Crippen LogP contribution in [-0.4, -0.2) is 67.8 Å². The Morgan fingerprint density at radius 2 is 2.03 bits per heavy atom. The zero-order valence-corrected chi connectivity index (χ0v) is 18.7. The van der Waals surface area contributed by atoms with E-state index < -0.39 is 17.6 Å². The van der Waals surface area contributed by atoms with Crippen molar-refractivity contribution in [3.63, 3.8) is 0 Å². The Morgan fingerprint density at radius 1 is 1.26 bits per heavy atom. The Hall–Kier alpha value is -3.63. The molecule has 8 nitrogen and oxygen atoms in total. The maximum absolute atomic E-state index is 15.4. The molecule has 1 saturated heterocycles. The third-order valence-electron chi connectivity index (χ3n) is 6.01. The second-order valence-electron chi connectivity index (χ2n) is 8.55. The molecule has 0 aliphatic carbocycles. The highest BCUT2D eigenvalue weighted by molar-refractivity contribution is 5.85. The molecule has 0 radical (unpaired) electrons. The number of nitrogens with zero attached hydrogens (tertiary/aromatic N) is 5. The summed E-state index contributed by atoms with van der Waals surface area (Å²) >= 11 is 0. The molecule has 10 heteroatoms. The molecule has 3 aromatic heterocycles. The number of ether oxygens (including phenoxy) is 1. The molecule has 4 heterocycles. The monoisotopic (exact) mass is 467 g/mol. The van der Waals surface area contributed by atoms with Gasteiger partial charge < -0.3 is 23.7 Å². The minimum absolute atomic E-state index is 0.122. The van der Waals surface area contributed by atoms with Crippen LogP contribution in [0.4, 0.5) is 8.78 Å². The van der Waals surface area contributed by atoms with Crippen LogP contribution in [0.5, 0.6) is 0 Å². The molecule has 1 aromatic carbocycles. The summed E-state index contributed by atoms with van der Waals surface area (Å²) in [5, 5.41) is 9.07. The molecule has 4 aromatic rings. The molecule has 1 fully saturated rings. The Kier molecular flexibility index (Phi) is 5.62. The molecule has 0 bridgehead atoms. The molecule has 1 unspecified atom stereocenters. The van der Waals surface area contributed by atoms with Gasteiger partial charge in [0, 0.05) is 31.9 Å². The minimum atomic E-state index is -1.23. The van der Waals surface area contributed by atoms with E-state index >= 15 is 8.78 Å². The van der Waals surface area contributed by atoms with Crippen LogP contribution in [0.2, 0.25) is 0 Å². The molecule has 5 rings (SSSR count). The lowest BCUT2D eigenvalue weighted by atomic mass is 10.0. The molecule has 0 amide bonds. The van der Waals surface area contributed by atoms with Crippen LogP contribution in [0.1, 0.15) is 21.7 Å². The van der Waals surface area contributed by atoms with Crippen LogP contribution >= 0.6 is 0 Å². The molecule has 1 aliphatic heterocycles. The van der Waals surface area contributed by atoms with Crippen LogP contribution in [0.15, 0.2) is 43.0 Å². The number of aryl methyl sites for hydroxylation is 1. The first-order chi connectivity index (χ1) is 16.3. The van der Waals surface area contributed by atoms with Crippen molar-refractivity contribution in [3.05, 3.63) is 71.6 Å². The molecular weight excluding hydrogens is 444 g/mol. The standard InChI is InChI=1S/C24H23F2N5O3/c1-14-3-4-31-20(10-16-11-29(2)5-6-34-16)23(28-21(31)7-14)22-17(25)8-15(9-18(22)26)30-12-19(24(32)33)27-13-30/h3-4,7-9,12-13,16H,5-6,10-11H2,1-2H3,(H,32,33). The van der Waals surface area contributed by atoms with E-state index in [9.17, 15) is 4.79 Å². The highest BCUT2D eigenvalue weighted by atomic mass is 19.1. The Bertz CT molecular complexity index is 1370. The number of benzene rings is 1. The Labute approximate surface area is 194 Å². The van der Waals surface area contributed by atoms with Crippen LogP contribution in [-0.2, 0) is 11.2 Å². The summed E-state index contributed by atoms with van der Waals surface area (Å²) in [6.07, 6.45) is 4.56. The van der Waals surface area contributed by atoms with Crippen molar-refractivity contribution in [2.24, 2.45) is 0 Å². The van der Waals surface area contributed by atoms with Crippen LogP contribution in [0.3, 0.4) is 0 Å². The normalized spacial score (nSPS) is 16.9. The fourth-order valence-corrected chi connectivity index (χ4v) is 4.31. The summed E-state index contributed by atoms with van der Waals surface area (Å²) in [6.45, 7) is 4.06. The molecule has 1 atom stereocenters. The molecular formula is C24H23F2N5O3. The first kappa shape index (κ1) is 22.2. The maximum Gasteiger partial charge on any atom is 0.356 e. The molecule has 1 aliphatic rings. The number of aromatic carboxylic acids is 1. The van der Waals surface area contributed by atoms with Crippen molar-refractivity contribution in [2.75, 3.05) is 26.7 Å². The van der Waals surface area contributed by atoms with Gasteiger partial charge in [-0.25, -0.2) is 23.5 Å². The number of pyridine rings is 1. The fraction of sp³-hybridized carbons (Fsp3) is 0.292. The third kappa shape index (κ3) is 4.06. The van der Waals surface area contributed by atoms with E-state index in [1.807, 2.05) is 36.7 Å². The molecule has 0 saturated carbocycles. The highest BCUT2D eigenvalue weighted by Gasteiger charge is 2.26. The number of carbonyl (C=O) groups is 1. The third-order valence-corrected chi connectivity index (χ3v) is 6.01. The minimum Gasteiger partial charge on any atom is -0.476 e. The number of hydrogen-bond acceptors (Lipinski definition) is 5. The van der Waals surface area contributed by atoms with Gasteiger partial charge in [0.05, 0.1) is 35.3 Å². The van der Waals surface area contributed by atoms with Gasteiger partial charge in [-0.05, 0) is 43.8 Å². The summed E-state index contributed by atoms with van der Waals surface area (Å²) < 4.78 is 39.8. The lowest BCUT2D eigenvalue weighted by Gasteiger charge is -2.30. The number of halogens is 2. The number of fused-ring (bicyclic) bond motifs is 1. The van der Waals surface area contributed by atoms with Crippen molar-refractivity contribution < 1.29 is 23.4 Å². The molecule has 176 valence electrons. The lowest BCUT2D eigenvalue weighted by molar-refractivity contribution is -0.0190. The summed E-state index contributed by atoms with van der Waals surface area (Å²) in [6, 6.07) is 6.08. The van der Waals surface area contributed by atoms with Crippen LogP contribution in [0.25, 0.3) is 22.6 Å². The van der Waals surface area contributed by atoms with Crippen molar-refractivity contribution in [3.8, 4) is 16.9 Å². The number of aromatic nitrogens is 4. The van der Waals surface area contributed by atoms with Crippen molar-refractivity contribution >= 4 is 11.6 Å². The second-order valence-corrected chi connectivity index (χ2v) is 8.55. The van der Waals surface area contributed by atoms with E-state index in [-0.39, 0.29) is 28.7 Å². The van der Waals surface area contributed by atoms with Crippen LogP contribution < -0.4 is 0 Å². The topological polar surface area (TPSA) is 84.9 Å². The van der Waals surface area contributed by atoms with Gasteiger partial charge in [-0.1, -0.05) is 0 Å². The SMILES string of the molecule is Cc1ccn2c(CC3CN(C)CCO3)c(-c3c(F)cc(-n4cnc(C(=O)O)c4)cc3F)nc2c1. The fourth-order valence-electron chi connectivity index (χ4n) is 4.31. The summed E-state index contributed by atoms with van der Waals surface area (Å²) in [7, 11) is 2.01. The van der Waals surface area contributed by atoms with Gasteiger partial charge in [0.2, 0.25) is 0 Å². The van der Waals surface area contributed by atoms with Crippen molar-refractivity contribution in [2.45, 2.75) is 19.4 Å². The molecule has 1 N–H and O–H groups in total. The summed E-state index contributed by atoms with van der Waals surface area (Å²) in [5.41, 5.74) is 2.13. The summed E-state index contributed by atoms with van der Waals surface area (Å²) in [5.74, 6) is -2.83. The van der Waals surface area contributed by atoms with Gasteiger partial charge in [-0.3, -0.25) is 0 Å². The van der Waals surface area contributed by atoms with E-state index in [0.717, 1.165) is 24.2 Å². The van der Waals surface area contributed by atoms with Gasteiger partial charge in [-0.15, -0.1) is 0 Å². The Morgan fingerprint density at radius 3 is 2.71 bits per heavy atom. The summed E-state index contributed by atoms with van der Waals surface area (Å²) in [4.78, 5) is 21.6. The number of morpholine rings is 1. The van der Waals surface area contributed by atoms with Gasteiger partial charge in [-0.2, -0.15) is 0 Å². The quantitative estimate of drug-likeness (QED) is 0.485. The van der Waals surface area contributed by atoms with Gasteiger partial charge in [0.25, 0.3) is 0 Å². The zero-order valence-electron chi connectivity index (χ0n) is 18.7. The highest BCUT2D eigenvalue weighted by Crippen LogP contribution is 2.32. The number of hydrogen-bond donors (Lipinski definition) is 1.